The third-order valence-electron chi connectivity index (χ3n) is 4.71. The van der Waals surface area contributed by atoms with Gasteiger partial charge in [-0.1, -0.05) is 0 Å². The van der Waals surface area contributed by atoms with E-state index in [9.17, 15) is 4.79 Å². The fourth-order valence-electron chi connectivity index (χ4n) is 3.45. The van der Waals surface area contributed by atoms with Gasteiger partial charge in [-0.15, -0.1) is 0 Å². The lowest BCUT2D eigenvalue weighted by atomic mass is 10.1. The molecule has 2 fully saturated rings. The van der Waals surface area contributed by atoms with Gasteiger partial charge in [0.25, 0.3) is 5.91 Å². The van der Waals surface area contributed by atoms with Crippen molar-refractivity contribution in [1.82, 2.24) is 14.8 Å². The molecule has 6 heteroatoms. The summed E-state index contributed by atoms with van der Waals surface area (Å²) in [5, 5.41) is 3.05. The van der Waals surface area contributed by atoms with Gasteiger partial charge in [0.15, 0.2) is 0 Å². The van der Waals surface area contributed by atoms with E-state index in [-0.39, 0.29) is 5.91 Å². The van der Waals surface area contributed by atoms with E-state index in [1.165, 1.54) is 0 Å². The number of aryl methyl sites for hydroxylation is 1. The minimum atomic E-state index is 0.0950. The minimum absolute atomic E-state index is 0.0950. The first kappa shape index (κ1) is 16.2. The van der Waals surface area contributed by atoms with Gasteiger partial charge in [0, 0.05) is 45.0 Å². The van der Waals surface area contributed by atoms with Gasteiger partial charge < -0.3 is 15.0 Å². The second-order valence-corrected chi connectivity index (χ2v) is 6.31. The Morgan fingerprint density at radius 1 is 1.35 bits per heavy atom. The number of pyridine rings is 1. The molecule has 1 amide bonds. The molecule has 2 saturated heterocycles. The van der Waals surface area contributed by atoms with Crippen molar-refractivity contribution >= 4 is 11.7 Å². The molecule has 6 nitrogen and oxygen atoms in total. The predicted molar refractivity (Wildman–Crippen MR) is 89.8 cm³/mol. The summed E-state index contributed by atoms with van der Waals surface area (Å²) in [7, 11) is 1.81. The molecule has 0 aromatic carbocycles. The van der Waals surface area contributed by atoms with Gasteiger partial charge in [0.05, 0.1) is 18.8 Å². The average Bonchev–Trinajstić information content (AvgIpc) is 3.03. The smallest absolute Gasteiger partial charge is 0.257 e. The highest BCUT2D eigenvalue weighted by Crippen LogP contribution is 2.24. The van der Waals surface area contributed by atoms with E-state index in [2.05, 4.69) is 15.2 Å². The summed E-state index contributed by atoms with van der Waals surface area (Å²) in [4.78, 5) is 21.9. The standard InChI is InChI=1S/C17H26N4O2/c1-13-5-6-15(16(18-2)19-13)17(22)21-7-3-4-14(21)12-20-8-10-23-11-9-20/h5-6,14H,3-4,7-12H2,1-2H3,(H,18,19). The number of rotatable bonds is 4. The lowest BCUT2D eigenvalue weighted by Gasteiger charge is -2.33. The molecule has 0 aliphatic carbocycles. The minimum Gasteiger partial charge on any atom is -0.379 e. The third kappa shape index (κ3) is 3.64. The average molecular weight is 318 g/mol. The van der Waals surface area contributed by atoms with Crippen molar-refractivity contribution in [3.63, 3.8) is 0 Å². The Bertz CT molecular complexity index is 558. The van der Waals surface area contributed by atoms with Crippen molar-refractivity contribution in [3.05, 3.63) is 23.4 Å². The number of carbonyl (C=O) groups excluding carboxylic acids is 1. The number of likely N-dealkylation sites (tertiary alicyclic amines) is 1. The van der Waals surface area contributed by atoms with E-state index in [1.807, 2.05) is 31.0 Å². The Balaban J connectivity index is 1.72. The molecular weight excluding hydrogens is 292 g/mol. The molecule has 1 unspecified atom stereocenters. The van der Waals surface area contributed by atoms with Gasteiger partial charge in [-0.25, -0.2) is 4.98 Å². The Labute approximate surface area is 137 Å². The van der Waals surface area contributed by atoms with E-state index in [0.717, 1.165) is 57.9 Å². The quantitative estimate of drug-likeness (QED) is 0.909. The van der Waals surface area contributed by atoms with Crippen LogP contribution in [0.5, 0.6) is 0 Å². The fraction of sp³-hybridized carbons (Fsp3) is 0.647. The van der Waals surface area contributed by atoms with E-state index in [4.69, 9.17) is 4.74 Å². The summed E-state index contributed by atoms with van der Waals surface area (Å²) in [6.07, 6.45) is 2.16. The molecule has 2 aliphatic heterocycles. The topological polar surface area (TPSA) is 57.7 Å². The van der Waals surface area contributed by atoms with Crippen LogP contribution in [0.2, 0.25) is 0 Å². The third-order valence-corrected chi connectivity index (χ3v) is 4.71. The van der Waals surface area contributed by atoms with E-state index in [0.29, 0.717) is 17.4 Å². The number of nitrogens with one attached hydrogen (secondary N) is 1. The number of morpholine rings is 1. The van der Waals surface area contributed by atoms with Crippen molar-refractivity contribution < 1.29 is 9.53 Å². The Hall–Kier alpha value is -1.66. The molecule has 2 aliphatic rings. The van der Waals surface area contributed by atoms with Crippen molar-refractivity contribution in [1.29, 1.82) is 0 Å². The van der Waals surface area contributed by atoms with Crippen LogP contribution < -0.4 is 5.32 Å². The molecule has 0 bridgehead atoms. The zero-order valence-electron chi connectivity index (χ0n) is 14.0. The molecule has 0 spiro atoms. The number of hydrogen-bond donors (Lipinski definition) is 1. The maximum Gasteiger partial charge on any atom is 0.257 e. The molecular formula is C17H26N4O2. The lowest BCUT2D eigenvalue weighted by molar-refractivity contribution is 0.0261. The van der Waals surface area contributed by atoms with Gasteiger partial charge in [0.2, 0.25) is 0 Å². The highest BCUT2D eigenvalue weighted by Gasteiger charge is 2.32. The van der Waals surface area contributed by atoms with Gasteiger partial charge in [-0.2, -0.15) is 0 Å². The summed E-state index contributed by atoms with van der Waals surface area (Å²) in [6.45, 7) is 7.25. The van der Waals surface area contributed by atoms with Crippen molar-refractivity contribution in [3.8, 4) is 0 Å². The van der Waals surface area contributed by atoms with Crippen LogP contribution in [0, 0.1) is 6.92 Å². The summed E-state index contributed by atoms with van der Waals surface area (Å²) in [5.74, 6) is 0.768. The first-order valence-electron chi connectivity index (χ1n) is 8.45. The van der Waals surface area contributed by atoms with E-state index in [1.54, 1.807) is 0 Å². The second kappa shape index (κ2) is 7.27. The number of aromatic nitrogens is 1. The molecule has 0 radical (unpaired) electrons. The summed E-state index contributed by atoms with van der Waals surface area (Å²) < 4.78 is 5.41. The molecule has 1 aromatic heterocycles. The first-order chi connectivity index (χ1) is 11.2. The van der Waals surface area contributed by atoms with Crippen LogP contribution in [-0.4, -0.2) is 73.2 Å². The van der Waals surface area contributed by atoms with Crippen LogP contribution in [0.1, 0.15) is 28.9 Å². The highest BCUT2D eigenvalue weighted by atomic mass is 16.5. The molecule has 1 atom stereocenters. The zero-order valence-corrected chi connectivity index (χ0v) is 14.0. The maximum atomic E-state index is 13.0. The number of ether oxygens (including phenoxy) is 1. The number of hydrogen-bond acceptors (Lipinski definition) is 5. The van der Waals surface area contributed by atoms with Gasteiger partial charge in [-0.3, -0.25) is 9.69 Å². The monoisotopic (exact) mass is 318 g/mol. The molecule has 1 aromatic rings. The SMILES string of the molecule is CNc1nc(C)ccc1C(=O)N1CCCC1CN1CCOCC1. The highest BCUT2D eigenvalue weighted by molar-refractivity contribution is 5.99. The van der Waals surface area contributed by atoms with Crippen LogP contribution in [0.25, 0.3) is 0 Å². The largest absolute Gasteiger partial charge is 0.379 e. The first-order valence-corrected chi connectivity index (χ1v) is 8.45. The predicted octanol–water partition coefficient (Wildman–Crippen LogP) is 1.37. The van der Waals surface area contributed by atoms with E-state index >= 15 is 0 Å². The summed E-state index contributed by atoms with van der Waals surface area (Å²) >= 11 is 0. The molecule has 126 valence electrons. The van der Waals surface area contributed by atoms with Gasteiger partial charge >= 0.3 is 0 Å². The lowest BCUT2D eigenvalue weighted by Crippen LogP contribution is -2.46. The maximum absolute atomic E-state index is 13.0. The molecule has 3 rings (SSSR count). The van der Waals surface area contributed by atoms with E-state index < -0.39 is 0 Å². The molecule has 23 heavy (non-hydrogen) atoms. The fourth-order valence-corrected chi connectivity index (χ4v) is 3.45. The van der Waals surface area contributed by atoms with Crippen LogP contribution in [0.4, 0.5) is 5.82 Å². The number of carbonyl (C=O) groups is 1. The number of nitrogens with zero attached hydrogens (tertiary/aromatic N) is 3. The van der Waals surface area contributed by atoms with Crippen LogP contribution in [0.3, 0.4) is 0 Å². The molecule has 3 heterocycles. The van der Waals surface area contributed by atoms with Gasteiger partial charge in [0.1, 0.15) is 5.82 Å². The van der Waals surface area contributed by atoms with Crippen LogP contribution in [0.15, 0.2) is 12.1 Å². The van der Waals surface area contributed by atoms with Crippen LogP contribution in [-0.2, 0) is 4.74 Å². The Kier molecular flexibility index (Phi) is 5.13. The summed E-state index contributed by atoms with van der Waals surface area (Å²) in [5.41, 5.74) is 1.59. The van der Waals surface area contributed by atoms with Gasteiger partial charge in [-0.05, 0) is 31.9 Å². The summed E-state index contributed by atoms with van der Waals surface area (Å²) in [6, 6.07) is 4.09. The number of amides is 1. The normalized spacial score (nSPS) is 22.3. The second-order valence-electron chi connectivity index (χ2n) is 6.31. The van der Waals surface area contributed by atoms with Crippen molar-refractivity contribution in [2.45, 2.75) is 25.8 Å². The molecule has 0 saturated carbocycles. The van der Waals surface area contributed by atoms with Crippen LogP contribution >= 0.6 is 0 Å². The molecule has 1 N–H and O–H groups in total. The van der Waals surface area contributed by atoms with Crippen molar-refractivity contribution in [2.24, 2.45) is 0 Å². The van der Waals surface area contributed by atoms with Crippen molar-refractivity contribution in [2.75, 3.05) is 51.8 Å². The Morgan fingerprint density at radius 3 is 2.87 bits per heavy atom. The zero-order chi connectivity index (χ0) is 16.2. The Morgan fingerprint density at radius 2 is 2.13 bits per heavy atom. The number of anilines is 1.